The molecule has 0 aliphatic carbocycles. The molecule has 1 aromatic carbocycles. The van der Waals surface area contributed by atoms with Crippen LogP contribution in [0.2, 0.25) is 0 Å². The number of ether oxygens (including phenoxy) is 1. The zero-order chi connectivity index (χ0) is 8.97. The van der Waals surface area contributed by atoms with Gasteiger partial charge in [-0.25, -0.2) is 0 Å². The van der Waals surface area contributed by atoms with Gasteiger partial charge in [0.05, 0.1) is 0 Å². The van der Waals surface area contributed by atoms with Gasteiger partial charge < -0.3 is 4.74 Å². The Balaban J connectivity index is 2.65. The van der Waals surface area contributed by atoms with Gasteiger partial charge in [-0.05, 0) is 24.6 Å². The van der Waals surface area contributed by atoms with Crippen molar-refractivity contribution in [1.29, 1.82) is 0 Å². The number of rotatable bonds is 3. The van der Waals surface area contributed by atoms with Crippen LogP contribution in [0.5, 0.6) is 5.75 Å². The van der Waals surface area contributed by atoms with Crippen LogP contribution in [0.15, 0.2) is 54.8 Å². The third-order valence-corrected chi connectivity index (χ3v) is 1.46. The molecule has 62 valence electrons. The lowest BCUT2D eigenvalue weighted by atomic mass is 10.3. The zero-order valence-corrected chi connectivity index (χ0v) is 7.21. The Morgan fingerprint density at radius 2 is 1.75 bits per heavy atom. The Morgan fingerprint density at radius 1 is 1.17 bits per heavy atom. The second-order valence-corrected chi connectivity index (χ2v) is 2.62. The van der Waals surface area contributed by atoms with Crippen LogP contribution < -0.4 is 4.74 Å². The van der Waals surface area contributed by atoms with Crippen LogP contribution >= 0.6 is 0 Å². The van der Waals surface area contributed by atoms with E-state index in [-0.39, 0.29) is 0 Å². The van der Waals surface area contributed by atoms with E-state index in [1.54, 1.807) is 0 Å². The minimum absolute atomic E-state index is 0.612. The minimum Gasteiger partial charge on any atom is -0.458 e. The smallest absolute Gasteiger partial charge is 0.127 e. The van der Waals surface area contributed by atoms with Crippen molar-refractivity contribution in [2.75, 3.05) is 0 Å². The van der Waals surface area contributed by atoms with Crippen molar-refractivity contribution in [2.45, 2.75) is 6.92 Å². The summed E-state index contributed by atoms with van der Waals surface area (Å²) >= 11 is 0. The molecule has 12 heavy (non-hydrogen) atoms. The van der Waals surface area contributed by atoms with E-state index in [9.17, 15) is 0 Å². The second kappa shape index (κ2) is 3.77. The molecule has 0 amide bonds. The van der Waals surface area contributed by atoms with E-state index < -0.39 is 0 Å². The molecule has 1 rings (SSSR count). The third kappa shape index (κ3) is 2.27. The molecule has 0 N–H and O–H groups in total. The van der Waals surface area contributed by atoms with Gasteiger partial charge in [0, 0.05) is 0 Å². The highest BCUT2D eigenvalue weighted by molar-refractivity contribution is 5.27. The van der Waals surface area contributed by atoms with Crippen LogP contribution in [-0.2, 0) is 0 Å². The van der Waals surface area contributed by atoms with Gasteiger partial charge >= 0.3 is 0 Å². The van der Waals surface area contributed by atoms with Crippen molar-refractivity contribution in [1.82, 2.24) is 0 Å². The molecular formula is C11H12O. The molecule has 0 heterocycles. The van der Waals surface area contributed by atoms with Crippen molar-refractivity contribution in [3.8, 4) is 5.75 Å². The lowest BCUT2D eigenvalue weighted by molar-refractivity contribution is 0.439. The largest absolute Gasteiger partial charge is 0.458 e. The maximum absolute atomic E-state index is 5.38. The van der Waals surface area contributed by atoms with Crippen molar-refractivity contribution in [3.05, 3.63) is 54.8 Å². The SMILES string of the molecule is C=C(C)C(=C)Oc1ccccc1. The van der Waals surface area contributed by atoms with Gasteiger partial charge in [-0.3, -0.25) is 0 Å². The number of para-hydroxylation sites is 1. The van der Waals surface area contributed by atoms with E-state index >= 15 is 0 Å². The van der Waals surface area contributed by atoms with Gasteiger partial charge in [-0.2, -0.15) is 0 Å². The standard InChI is InChI=1S/C11H12O/c1-9(2)10(3)12-11-7-5-4-6-8-11/h4-8H,1,3H2,2H3. The average Bonchev–Trinajstić information content (AvgIpc) is 2.06. The summed E-state index contributed by atoms with van der Waals surface area (Å²) in [6.07, 6.45) is 0. The van der Waals surface area contributed by atoms with Crippen LogP contribution in [0, 0.1) is 0 Å². The van der Waals surface area contributed by atoms with Gasteiger partial charge in [-0.1, -0.05) is 31.4 Å². The van der Waals surface area contributed by atoms with Gasteiger partial charge in [0.15, 0.2) is 0 Å². The predicted octanol–water partition coefficient (Wildman–Crippen LogP) is 3.16. The quantitative estimate of drug-likeness (QED) is 0.487. The number of benzene rings is 1. The van der Waals surface area contributed by atoms with E-state index in [1.165, 1.54) is 0 Å². The fraction of sp³-hybridized carbons (Fsp3) is 0.0909. The number of hydrogen-bond donors (Lipinski definition) is 0. The molecule has 1 nitrogen and oxygen atoms in total. The minimum atomic E-state index is 0.612. The summed E-state index contributed by atoms with van der Waals surface area (Å²) in [5.74, 6) is 1.41. The molecule has 0 unspecified atom stereocenters. The third-order valence-electron chi connectivity index (χ3n) is 1.46. The molecule has 1 heteroatoms. The van der Waals surface area contributed by atoms with Crippen LogP contribution in [0.25, 0.3) is 0 Å². The van der Waals surface area contributed by atoms with Crippen molar-refractivity contribution >= 4 is 0 Å². The first-order valence-corrected chi connectivity index (χ1v) is 3.78. The van der Waals surface area contributed by atoms with Crippen LogP contribution in [0.3, 0.4) is 0 Å². The van der Waals surface area contributed by atoms with E-state index in [1.807, 2.05) is 37.3 Å². The first-order chi connectivity index (χ1) is 5.70. The van der Waals surface area contributed by atoms with Crippen LogP contribution in [0.1, 0.15) is 6.92 Å². The van der Waals surface area contributed by atoms with E-state index in [4.69, 9.17) is 4.74 Å². The summed E-state index contributed by atoms with van der Waals surface area (Å²) in [4.78, 5) is 0. The highest BCUT2D eigenvalue weighted by atomic mass is 16.5. The van der Waals surface area contributed by atoms with Crippen LogP contribution in [-0.4, -0.2) is 0 Å². The maximum Gasteiger partial charge on any atom is 0.127 e. The Labute approximate surface area is 73.0 Å². The van der Waals surface area contributed by atoms with E-state index in [0.717, 1.165) is 11.3 Å². The van der Waals surface area contributed by atoms with E-state index in [2.05, 4.69) is 13.2 Å². The van der Waals surface area contributed by atoms with E-state index in [0.29, 0.717) is 5.76 Å². The molecule has 0 aliphatic heterocycles. The zero-order valence-electron chi connectivity index (χ0n) is 7.21. The van der Waals surface area contributed by atoms with Gasteiger partial charge in [0.1, 0.15) is 11.5 Å². The molecule has 0 aromatic heterocycles. The van der Waals surface area contributed by atoms with Crippen molar-refractivity contribution < 1.29 is 4.74 Å². The first-order valence-electron chi connectivity index (χ1n) is 3.78. The van der Waals surface area contributed by atoms with Crippen molar-refractivity contribution in [2.24, 2.45) is 0 Å². The average molecular weight is 160 g/mol. The molecule has 0 aliphatic rings. The molecule has 0 saturated carbocycles. The fourth-order valence-electron chi connectivity index (χ4n) is 0.718. The predicted molar refractivity (Wildman–Crippen MR) is 51.0 cm³/mol. The summed E-state index contributed by atoms with van der Waals surface area (Å²) in [6.45, 7) is 9.32. The molecule has 0 spiro atoms. The topological polar surface area (TPSA) is 9.23 Å². The van der Waals surface area contributed by atoms with Gasteiger partial charge in [-0.15, -0.1) is 0 Å². The molecule has 0 atom stereocenters. The molecule has 0 radical (unpaired) electrons. The molecular weight excluding hydrogens is 148 g/mol. The first kappa shape index (κ1) is 8.60. The Kier molecular flexibility index (Phi) is 2.70. The lowest BCUT2D eigenvalue weighted by Crippen LogP contribution is -1.93. The summed E-state index contributed by atoms with van der Waals surface area (Å²) in [6, 6.07) is 9.54. The molecule has 1 aromatic rings. The maximum atomic E-state index is 5.38. The fourth-order valence-corrected chi connectivity index (χ4v) is 0.718. The molecule has 0 fully saturated rings. The lowest BCUT2D eigenvalue weighted by Gasteiger charge is -2.06. The Hall–Kier alpha value is -1.50. The summed E-state index contributed by atoms with van der Waals surface area (Å²) in [5, 5.41) is 0. The normalized spacial score (nSPS) is 9.08. The number of hydrogen-bond acceptors (Lipinski definition) is 1. The highest BCUT2D eigenvalue weighted by Gasteiger charge is 1.96. The van der Waals surface area contributed by atoms with Crippen molar-refractivity contribution in [3.63, 3.8) is 0 Å². The monoisotopic (exact) mass is 160 g/mol. The second-order valence-electron chi connectivity index (χ2n) is 2.62. The summed E-state index contributed by atoms with van der Waals surface area (Å²) in [5.41, 5.74) is 0.846. The van der Waals surface area contributed by atoms with Crippen LogP contribution in [0.4, 0.5) is 0 Å². The Morgan fingerprint density at radius 3 is 2.25 bits per heavy atom. The Bertz CT molecular complexity index is 285. The summed E-state index contributed by atoms with van der Waals surface area (Å²) < 4.78 is 5.38. The highest BCUT2D eigenvalue weighted by Crippen LogP contribution is 2.14. The number of allylic oxidation sites excluding steroid dienone is 1. The molecule has 0 bridgehead atoms. The van der Waals surface area contributed by atoms with Gasteiger partial charge in [0.2, 0.25) is 0 Å². The molecule has 0 saturated heterocycles. The summed E-state index contributed by atoms with van der Waals surface area (Å²) in [7, 11) is 0. The van der Waals surface area contributed by atoms with Gasteiger partial charge in [0.25, 0.3) is 0 Å².